The average molecular weight is 343 g/mol. The van der Waals surface area contributed by atoms with Crippen LogP contribution in [0.5, 0.6) is 0 Å². The molecule has 0 aliphatic carbocycles. The Labute approximate surface area is 145 Å². The van der Waals surface area contributed by atoms with Crippen LogP contribution in [-0.4, -0.2) is 46.8 Å². The van der Waals surface area contributed by atoms with Crippen LogP contribution in [0.25, 0.3) is 0 Å². The first kappa shape index (κ1) is 16.2. The molecule has 4 rings (SSSR count). The lowest BCUT2D eigenvalue weighted by molar-refractivity contribution is -0.0601. The maximum Gasteiger partial charge on any atom is 0.255 e. The highest BCUT2D eigenvalue weighted by Gasteiger charge is 2.38. The largest absolute Gasteiger partial charge is 0.376 e. The second-order valence-electron chi connectivity index (χ2n) is 6.44. The summed E-state index contributed by atoms with van der Waals surface area (Å²) in [6, 6.07) is 5.45. The number of morpholine rings is 1. The van der Waals surface area contributed by atoms with Crippen molar-refractivity contribution in [2.45, 2.75) is 39.0 Å². The third-order valence-electron chi connectivity index (χ3n) is 4.81. The van der Waals surface area contributed by atoms with Crippen LogP contribution in [0.15, 0.2) is 22.7 Å². The number of carbonyl (C=O) groups is 1. The van der Waals surface area contributed by atoms with E-state index in [-0.39, 0.29) is 18.1 Å². The Morgan fingerprint density at radius 3 is 3.00 bits per heavy atom. The predicted molar refractivity (Wildman–Crippen MR) is 88.0 cm³/mol. The minimum atomic E-state index is -0.377. The van der Waals surface area contributed by atoms with Gasteiger partial charge in [0.1, 0.15) is 6.04 Å². The normalized spacial score (nSPS) is 23.4. The summed E-state index contributed by atoms with van der Waals surface area (Å²) >= 11 is 0. The van der Waals surface area contributed by atoms with Crippen LogP contribution < -0.4 is 0 Å². The van der Waals surface area contributed by atoms with E-state index < -0.39 is 0 Å². The number of amides is 1. The number of carbonyl (C=O) groups excluding carboxylic acids is 1. The van der Waals surface area contributed by atoms with Crippen molar-refractivity contribution in [2.24, 2.45) is 0 Å². The molecule has 7 heteroatoms. The van der Waals surface area contributed by atoms with E-state index in [1.807, 2.05) is 25.1 Å². The highest BCUT2D eigenvalue weighted by Crippen LogP contribution is 2.31. The van der Waals surface area contributed by atoms with Gasteiger partial charge in [0.05, 0.1) is 25.9 Å². The van der Waals surface area contributed by atoms with E-state index in [1.54, 1.807) is 11.8 Å². The highest BCUT2D eigenvalue weighted by atomic mass is 16.5. The van der Waals surface area contributed by atoms with Gasteiger partial charge in [-0.3, -0.25) is 4.79 Å². The molecule has 1 amide bonds. The number of aromatic nitrogens is 2. The smallest absolute Gasteiger partial charge is 0.255 e. The number of benzene rings is 1. The van der Waals surface area contributed by atoms with Crippen LogP contribution in [0, 0.1) is 6.92 Å². The Hall–Kier alpha value is -2.25. The minimum absolute atomic E-state index is 0.0187. The molecule has 132 valence electrons. The second-order valence-corrected chi connectivity index (χ2v) is 6.44. The molecule has 0 saturated carbocycles. The molecule has 25 heavy (non-hydrogen) atoms. The molecule has 2 aliphatic heterocycles. The molecular formula is C18H21N3O4. The molecule has 0 N–H and O–H groups in total. The standard InChI is InChI=1S/C18H21N3O4/c1-11-16(17-19-12(2)20-25-17)21(7-9-24-11)18(22)15-5-3-4-13-10-23-8-6-14(13)15/h3-5,11,16H,6-10H2,1-2H3/t11-,16+/m1/s1. The highest BCUT2D eigenvalue weighted by molar-refractivity contribution is 5.96. The fraction of sp³-hybridized carbons (Fsp3) is 0.500. The maximum absolute atomic E-state index is 13.3. The molecule has 1 aromatic heterocycles. The van der Waals surface area contributed by atoms with Gasteiger partial charge >= 0.3 is 0 Å². The lowest BCUT2D eigenvalue weighted by Gasteiger charge is -2.38. The molecule has 2 aliphatic rings. The van der Waals surface area contributed by atoms with Crippen molar-refractivity contribution in [3.63, 3.8) is 0 Å². The summed E-state index contributed by atoms with van der Waals surface area (Å²) < 4.78 is 16.6. The summed E-state index contributed by atoms with van der Waals surface area (Å²) in [5.74, 6) is 0.954. The second kappa shape index (κ2) is 6.57. The van der Waals surface area contributed by atoms with Gasteiger partial charge in [-0.2, -0.15) is 4.98 Å². The SMILES string of the molecule is Cc1noc([C@@H]2[C@@H](C)OCCN2C(=O)c2cccc3c2CCOC3)n1. The number of nitrogens with zero attached hydrogens (tertiary/aromatic N) is 3. The molecule has 2 aromatic rings. The summed E-state index contributed by atoms with van der Waals surface area (Å²) in [5.41, 5.74) is 2.90. The predicted octanol–water partition coefficient (Wildman–Crippen LogP) is 2.05. The van der Waals surface area contributed by atoms with Gasteiger partial charge in [0.15, 0.2) is 5.82 Å². The van der Waals surface area contributed by atoms with Crippen molar-refractivity contribution in [2.75, 3.05) is 19.8 Å². The molecule has 1 aromatic carbocycles. The Morgan fingerprint density at radius 2 is 2.20 bits per heavy atom. The zero-order valence-corrected chi connectivity index (χ0v) is 14.4. The first-order chi connectivity index (χ1) is 12.1. The van der Waals surface area contributed by atoms with Gasteiger partial charge in [0, 0.05) is 12.1 Å². The van der Waals surface area contributed by atoms with E-state index in [0.29, 0.717) is 38.1 Å². The van der Waals surface area contributed by atoms with E-state index in [2.05, 4.69) is 10.1 Å². The molecule has 7 nitrogen and oxygen atoms in total. The van der Waals surface area contributed by atoms with Gasteiger partial charge in [-0.15, -0.1) is 0 Å². The fourth-order valence-corrected chi connectivity index (χ4v) is 3.59. The number of hydrogen-bond donors (Lipinski definition) is 0. The van der Waals surface area contributed by atoms with Crippen LogP contribution in [0.4, 0.5) is 0 Å². The molecule has 0 unspecified atom stereocenters. The van der Waals surface area contributed by atoms with Gasteiger partial charge < -0.3 is 18.9 Å². The Balaban J connectivity index is 1.70. The third-order valence-corrected chi connectivity index (χ3v) is 4.81. The number of hydrogen-bond acceptors (Lipinski definition) is 6. The summed E-state index contributed by atoms with van der Waals surface area (Å²) in [7, 11) is 0. The van der Waals surface area contributed by atoms with Gasteiger partial charge in [0.25, 0.3) is 11.8 Å². The van der Waals surface area contributed by atoms with Gasteiger partial charge in [-0.25, -0.2) is 0 Å². The van der Waals surface area contributed by atoms with Gasteiger partial charge in [0.2, 0.25) is 0 Å². The minimum Gasteiger partial charge on any atom is -0.376 e. The number of ether oxygens (including phenoxy) is 2. The summed E-state index contributed by atoms with van der Waals surface area (Å²) in [6.45, 7) is 5.88. The van der Waals surface area contributed by atoms with Crippen molar-refractivity contribution < 1.29 is 18.8 Å². The molecule has 2 atom stereocenters. The van der Waals surface area contributed by atoms with E-state index in [1.165, 1.54) is 0 Å². The number of fused-ring (bicyclic) bond motifs is 1. The molecule has 0 bridgehead atoms. The first-order valence-corrected chi connectivity index (χ1v) is 8.56. The molecule has 0 spiro atoms. The van der Waals surface area contributed by atoms with E-state index in [4.69, 9.17) is 14.0 Å². The molecule has 0 radical (unpaired) electrons. The van der Waals surface area contributed by atoms with Gasteiger partial charge in [-0.1, -0.05) is 17.3 Å². The van der Waals surface area contributed by atoms with Crippen molar-refractivity contribution in [3.05, 3.63) is 46.6 Å². The Kier molecular flexibility index (Phi) is 4.27. The van der Waals surface area contributed by atoms with Crippen LogP contribution in [0.1, 0.15) is 46.2 Å². The fourth-order valence-electron chi connectivity index (χ4n) is 3.59. The zero-order valence-electron chi connectivity index (χ0n) is 14.4. The maximum atomic E-state index is 13.3. The van der Waals surface area contributed by atoms with Crippen LogP contribution in [0.2, 0.25) is 0 Å². The molecule has 1 saturated heterocycles. The van der Waals surface area contributed by atoms with Crippen LogP contribution >= 0.6 is 0 Å². The molecular weight excluding hydrogens is 322 g/mol. The van der Waals surface area contributed by atoms with E-state index in [0.717, 1.165) is 23.1 Å². The zero-order chi connectivity index (χ0) is 17.4. The van der Waals surface area contributed by atoms with E-state index in [9.17, 15) is 4.79 Å². The Bertz CT molecular complexity index is 788. The van der Waals surface area contributed by atoms with E-state index >= 15 is 0 Å². The summed E-state index contributed by atoms with van der Waals surface area (Å²) in [5, 5.41) is 3.87. The van der Waals surface area contributed by atoms with Crippen molar-refractivity contribution in [3.8, 4) is 0 Å². The summed E-state index contributed by atoms with van der Waals surface area (Å²) in [6.07, 6.45) is 0.544. The Morgan fingerprint density at radius 1 is 1.32 bits per heavy atom. The van der Waals surface area contributed by atoms with Crippen LogP contribution in [-0.2, 0) is 22.5 Å². The third kappa shape index (κ3) is 2.94. The topological polar surface area (TPSA) is 77.7 Å². The van der Waals surface area contributed by atoms with Crippen molar-refractivity contribution in [1.29, 1.82) is 0 Å². The first-order valence-electron chi connectivity index (χ1n) is 8.56. The van der Waals surface area contributed by atoms with Crippen molar-refractivity contribution in [1.82, 2.24) is 15.0 Å². The lowest BCUT2D eigenvalue weighted by atomic mass is 9.95. The van der Waals surface area contributed by atoms with Crippen molar-refractivity contribution >= 4 is 5.91 Å². The molecule has 1 fully saturated rings. The lowest BCUT2D eigenvalue weighted by Crippen LogP contribution is -2.47. The number of aryl methyl sites for hydroxylation is 1. The monoisotopic (exact) mass is 343 g/mol. The van der Waals surface area contributed by atoms with Gasteiger partial charge in [-0.05, 0) is 37.5 Å². The van der Waals surface area contributed by atoms with Crippen LogP contribution in [0.3, 0.4) is 0 Å². The number of rotatable bonds is 2. The average Bonchev–Trinajstić information content (AvgIpc) is 3.06. The molecule has 3 heterocycles. The summed E-state index contributed by atoms with van der Waals surface area (Å²) in [4.78, 5) is 19.5. The quantitative estimate of drug-likeness (QED) is 0.830.